The van der Waals surface area contributed by atoms with E-state index in [9.17, 15) is 0 Å². The minimum Gasteiger partial charge on any atom is -0.467 e. The number of aromatic amines is 2. The maximum Gasteiger partial charge on any atom is 0.209 e. The summed E-state index contributed by atoms with van der Waals surface area (Å²) in [6.07, 6.45) is 6.38. The Kier molecular flexibility index (Phi) is 4.73. The number of halogens is 2. The van der Waals surface area contributed by atoms with Gasteiger partial charge in [0.1, 0.15) is 17.9 Å². The van der Waals surface area contributed by atoms with Crippen LogP contribution in [0.2, 0.25) is 10.0 Å². The number of nitrogens with one attached hydrogen (secondary N) is 2. The standard InChI is InChI=1S/C19H17Cl2N7O/c20-11-3-4-12(13(21)8-11)17(29-15-5-6-26-27-15)14-2-1-7-28(14)19-16-18(23-9-22-16)24-10-25-19/h3-6,8-10,14,17H,1-2,7H2,(H,26,27)(H,22,23,24,25)/t14-,17?/m1/s1. The minimum absolute atomic E-state index is 0.00150. The first-order valence-electron chi connectivity index (χ1n) is 9.22. The van der Waals surface area contributed by atoms with Crippen molar-refractivity contribution in [3.8, 4) is 5.88 Å². The summed E-state index contributed by atoms with van der Waals surface area (Å²) in [6.45, 7) is 0.837. The zero-order valence-electron chi connectivity index (χ0n) is 15.2. The molecule has 29 heavy (non-hydrogen) atoms. The van der Waals surface area contributed by atoms with E-state index in [4.69, 9.17) is 27.9 Å². The third-order valence-corrected chi connectivity index (χ3v) is 5.68. The molecule has 148 valence electrons. The molecule has 0 bridgehead atoms. The van der Waals surface area contributed by atoms with Crippen LogP contribution in [0.5, 0.6) is 5.88 Å². The van der Waals surface area contributed by atoms with Crippen LogP contribution in [0.15, 0.2) is 43.1 Å². The third-order valence-electron chi connectivity index (χ3n) is 5.12. The quantitative estimate of drug-likeness (QED) is 0.494. The Hall–Kier alpha value is -2.84. The van der Waals surface area contributed by atoms with E-state index < -0.39 is 0 Å². The summed E-state index contributed by atoms with van der Waals surface area (Å²) in [7, 11) is 0. The van der Waals surface area contributed by atoms with Crippen LogP contribution in [-0.4, -0.2) is 42.7 Å². The second kappa shape index (κ2) is 7.53. The van der Waals surface area contributed by atoms with Gasteiger partial charge in [-0.15, -0.1) is 0 Å². The molecule has 2 atom stereocenters. The highest BCUT2D eigenvalue weighted by molar-refractivity contribution is 6.35. The summed E-state index contributed by atoms with van der Waals surface area (Å²) in [4.78, 5) is 18.4. The highest BCUT2D eigenvalue weighted by atomic mass is 35.5. The molecule has 0 radical (unpaired) electrons. The summed E-state index contributed by atoms with van der Waals surface area (Å²) in [6, 6.07) is 7.25. The maximum atomic E-state index is 6.56. The van der Waals surface area contributed by atoms with E-state index in [1.165, 1.54) is 6.33 Å². The van der Waals surface area contributed by atoms with Gasteiger partial charge in [0.25, 0.3) is 0 Å². The number of nitrogens with zero attached hydrogens (tertiary/aromatic N) is 5. The zero-order valence-corrected chi connectivity index (χ0v) is 16.7. The predicted octanol–water partition coefficient (Wildman–Crippen LogP) is 4.17. The van der Waals surface area contributed by atoms with Crippen molar-refractivity contribution >= 4 is 40.2 Å². The Morgan fingerprint density at radius 2 is 2.10 bits per heavy atom. The van der Waals surface area contributed by atoms with Gasteiger partial charge in [-0.1, -0.05) is 29.3 Å². The number of ether oxygens (including phenoxy) is 1. The molecular weight excluding hydrogens is 413 g/mol. The molecule has 4 heterocycles. The number of aromatic nitrogens is 6. The first kappa shape index (κ1) is 18.2. The summed E-state index contributed by atoms with van der Waals surface area (Å²) in [5.74, 6) is 1.38. The molecule has 2 N–H and O–H groups in total. The number of rotatable bonds is 5. The van der Waals surface area contributed by atoms with Crippen molar-refractivity contribution < 1.29 is 4.74 Å². The fourth-order valence-corrected chi connectivity index (χ4v) is 4.38. The Labute approximate surface area is 176 Å². The summed E-state index contributed by atoms with van der Waals surface area (Å²) < 4.78 is 6.33. The minimum atomic E-state index is -0.351. The van der Waals surface area contributed by atoms with Gasteiger partial charge in [-0.05, 0) is 25.0 Å². The van der Waals surface area contributed by atoms with Gasteiger partial charge >= 0.3 is 0 Å². The second-order valence-corrected chi connectivity index (χ2v) is 7.67. The van der Waals surface area contributed by atoms with Crippen LogP contribution in [0.25, 0.3) is 11.2 Å². The average molecular weight is 430 g/mol. The molecule has 1 aliphatic rings. The Morgan fingerprint density at radius 1 is 1.17 bits per heavy atom. The van der Waals surface area contributed by atoms with E-state index >= 15 is 0 Å². The fourth-order valence-electron chi connectivity index (χ4n) is 3.87. The van der Waals surface area contributed by atoms with Crippen LogP contribution in [-0.2, 0) is 0 Å². The average Bonchev–Trinajstić information content (AvgIpc) is 3.47. The van der Waals surface area contributed by atoms with E-state index in [0.29, 0.717) is 21.6 Å². The van der Waals surface area contributed by atoms with Crippen LogP contribution in [0, 0.1) is 0 Å². The van der Waals surface area contributed by atoms with Gasteiger partial charge in [0.15, 0.2) is 11.5 Å². The number of H-pyrrole nitrogens is 2. The Morgan fingerprint density at radius 3 is 2.93 bits per heavy atom. The van der Waals surface area contributed by atoms with E-state index in [2.05, 4.69) is 35.0 Å². The lowest BCUT2D eigenvalue weighted by Gasteiger charge is -2.33. The van der Waals surface area contributed by atoms with E-state index in [1.54, 1.807) is 24.7 Å². The molecule has 0 spiro atoms. The highest BCUT2D eigenvalue weighted by Gasteiger charge is 2.37. The Bertz CT molecular complexity index is 1130. The SMILES string of the molecule is Clc1ccc(C(Oc2ccn[nH]2)[C@H]2CCCN2c2ncnc3nc[nH]c23)c(Cl)c1. The lowest BCUT2D eigenvalue weighted by Crippen LogP contribution is -2.38. The van der Waals surface area contributed by atoms with Gasteiger partial charge in [0, 0.05) is 28.2 Å². The van der Waals surface area contributed by atoms with Crippen molar-refractivity contribution in [2.45, 2.75) is 25.0 Å². The van der Waals surface area contributed by atoms with Crippen LogP contribution in [0.1, 0.15) is 24.5 Å². The largest absolute Gasteiger partial charge is 0.467 e. The number of benzene rings is 1. The van der Waals surface area contributed by atoms with Gasteiger partial charge < -0.3 is 14.6 Å². The van der Waals surface area contributed by atoms with Crippen LogP contribution in [0.4, 0.5) is 5.82 Å². The molecule has 0 aliphatic carbocycles. The summed E-state index contributed by atoms with van der Waals surface area (Å²) in [5.41, 5.74) is 2.30. The number of hydrogen-bond acceptors (Lipinski definition) is 6. The topological polar surface area (TPSA) is 95.6 Å². The lowest BCUT2D eigenvalue weighted by atomic mass is 9.99. The molecular formula is C19H17Cl2N7O. The van der Waals surface area contributed by atoms with Gasteiger partial charge in [-0.3, -0.25) is 0 Å². The molecule has 1 aromatic carbocycles. The van der Waals surface area contributed by atoms with Gasteiger partial charge in [-0.25, -0.2) is 20.1 Å². The lowest BCUT2D eigenvalue weighted by molar-refractivity contribution is 0.166. The number of imidazole rings is 1. The van der Waals surface area contributed by atoms with Gasteiger partial charge in [0.2, 0.25) is 5.88 Å². The maximum absolute atomic E-state index is 6.56. The molecule has 8 nitrogen and oxygen atoms in total. The molecule has 1 unspecified atom stereocenters. The van der Waals surface area contributed by atoms with Crippen LogP contribution < -0.4 is 9.64 Å². The fraction of sp³-hybridized carbons (Fsp3) is 0.263. The summed E-state index contributed by atoms with van der Waals surface area (Å²) >= 11 is 12.7. The van der Waals surface area contributed by atoms with Crippen molar-refractivity contribution in [1.29, 1.82) is 0 Å². The molecule has 3 aromatic heterocycles. The smallest absolute Gasteiger partial charge is 0.209 e. The summed E-state index contributed by atoms with van der Waals surface area (Å²) in [5, 5.41) is 8.00. The monoisotopic (exact) mass is 429 g/mol. The predicted molar refractivity (Wildman–Crippen MR) is 110 cm³/mol. The number of anilines is 1. The zero-order chi connectivity index (χ0) is 19.8. The number of fused-ring (bicyclic) bond motifs is 1. The van der Waals surface area contributed by atoms with E-state index in [-0.39, 0.29) is 12.1 Å². The first-order valence-corrected chi connectivity index (χ1v) is 9.98. The Balaban J connectivity index is 1.58. The van der Waals surface area contributed by atoms with Gasteiger partial charge in [0.05, 0.1) is 18.6 Å². The van der Waals surface area contributed by atoms with Crippen molar-refractivity contribution in [3.05, 3.63) is 58.7 Å². The second-order valence-electron chi connectivity index (χ2n) is 6.83. The molecule has 1 aliphatic heterocycles. The van der Waals surface area contributed by atoms with Crippen molar-refractivity contribution in [3.63, 3.8) is 0 Å². The van der Waals surface area contributed by atoms with Crippen molar-refractivity contribution in [2.24, 2.45) is 0 Å². The third kappa shape index (κ3) is 3.38. The first-order chi connectivity index (χ1) is 14.2. The van der Waals surface area contributed by atoms with Crippen molar-refractivity contribution in [2.75, 3.05) is 11.4 Å². The number of hydrogen-bond donors (Lipinski definition) is 2. The molecule has 4 aromatic rings. The van der Waals surface area contributed by atoms with E-state index in [0.717, 1.165) is 36.3 Å². The van der Waals surface area contributed by atoms with Crippen LogP contribution >= 0.6 is 23.2 Å². The normalized spacial score (nSPS) is 17.7. The molecule has 0 saturated carbocycles. The molecule has 5 rings (SSSR count). The molecule has 1 saturated heterocycles. The molecule has 1 fully saturated rings. The van der Waals surface area contributed by atoms with Crippen LogP contribution in [0.3, 0.4) is 0 Å². The molecule has 10 heteroatoms. The molecule has 0 amide bonds. The van der Waals surface area contributed by atoms with Crippen molar-refractivity contribution in [1.82, 2.24) is 30.1 Å². The van der Waals surface area contributed by atoms with E-state index in [1.807, 2.05) is 12.1 Å². The van der Waals surface area contributed by atoms with Gasteiger partial charge in [-0.2, -0.15) is 5.10 Å². The highest BCUT2D eigenvalue weighted by Crippen LogP contribution is 2.39.